The Labute approximate surface area is 261 Å². The molecular weight excluding hydrogens is 970 g/mol. The second kappa shape index (κ2) is 9.89. The van der Waals surface area contributed by atoms with Crippen LogP contribution in [-0.2, 0) is 4.79 Å². The largest absolute Gasteiger partial charge is 0.506 e. The molecule has 172 valence electrons. The lowest BCUT2D eigenvalue weighted by atomic mass is 9.78. The van der Waals surface area contributed by atoms with Crippen LogP contribution in [-0.4, -0.2) is 25.9 Å². The van der Waals surface area contributed by atoms with Gasteiger partial charge >= 0.3 is 5.97 Å². The van der Waals surface area contributed by atoms with Crippen molar-refractivity contribution in [1.82, 2.24) is 0 Å². The summed E-state index contributed by atoms with van der Waals surface area (Å²) in [4.78, 5) is 25.0. The van der Waals surface area contributed by atoms with E-state index in [-0.39, 0.29) is 42.8 Å². The number of ether oxygens (including phenoxy) is 1. The molecule has 0 radical (unpaired) electrons. The quantitative estimate of drug-likeness (QED) is 0.137. The van der Waals surface area contributed by atoms with Gasteiger partial charge in [-0.2, -0.15) is 0 Å². The predicted molar refractivity (Wildman–Crippen MR) is 161 cm³/mol. The zero-order chi connectivity index (χ0) is 24.5. The molecule has 2 atom stereocenters. The van der Waals surface area contributed by atoms with E-state index in [9.17, 15) is 19.8 Å². The van der Waals surface area contributed by atoms with Gasteiger partial charge in [0.2, 0.25) is 0 Å². The maximum atomic E-state index is 12.7. The molecular formula is C20H6Cl4I4O5. The molecule has 0 saturated carbocycles. The highest BCUT2D eigenvalue weighted by atomic mass is 127. The van der Waals surface area contributed by atoms with E-state index in [0.29, 0.717) is 33.4 Å². The molecule has 2 unspecified atom stereocenters. The molecule has 2 aromatic rings. The molecule has 4 rings (SSSR count). The minimum Gasteiger partial charge on any atom is -0.506 e. The van der Waals surface area contributed by atoms with Crippen LogP contribution in [0.3, 0.4) is 0 Å². The lowest BCUT2D eigenvalue weighted by Crippen LogP contribution is -2.31. The minimum atomic E-state index is -1.34. The summed E-state index contributed by atoms with van der Waals surface area (Å²) >= 11 is 33.3. The molecule has 0 fully saturated rings. The number of carboxylic acid groups (broad SMARTS) is 1. The molecule has 2 N–H and O–H groups in total. The number of allylic oxidation sites excluding steroid dienone is 4. The van der Waals surface area contributed by atoms with E-state index in [1.807, 2.05) is 90.4 Å². The molecule has 2 aliphatic rings. The van der Waals surface area contributed by atoms with E-state index in [1.54, 1.807) is 12.1 Å². The van der Waals surface area contributed by atoms with Gasteiger partial charge in [-0.15, -0.1) is 0 Å². The molecule has 0 bridgehead atoms. The monoisotopic (exact) mass is 974 g/mol. The number of hydrogen-bond donors (Lipinski definition) is 2. The summed E-state index contributed by atoms with van der Waals surface area (Å²) in [6, 6.07) is 1.68. The zero-order valence-corrected chi connectivity index (χ0v) is 27.1. The number of rotatable bonds is 2. The number of alkyl halides is 1. The number of carbonyl (C=O) groups is 2. The third-order valence-corrected chi connectivity index (χ3v) is 10.7. The number of halogens is 8. The van der Waals surface area contributed by atoms with E-state index in [0.717, 1.165) is 0 Å². The van der Waals surface area contributed by atoms with E-state index in [2.05, 4.69) is 0 Å². The van der Waals surface area contributed by atoms with Crippen molar-refractivity contribution in [2.24, 2.45) is 0 Å². The summed E-state index contributed by atoms with van der Waals surface area (Å²) in [6.07, 6.45) is 1.64. The Morgan fingerprint density at radius 3 is 2.24 bits per heavy atom. The van der Waals surface area contributed by atoms with Crippen LogP contribution in [0.2, 0.25) is 20.1 Å². The Morgan fingerprint density at radius 1 is 1.03 bits per heavy atom. The SMILES string of the molecule is O=C(O)c1c(Cl)c(Cl)c(Cl)c(Cl)c1C1C2=C(Oc3c1cc(I)c(O)c3I)C(I)C(=O)C(I)=C2. The van der Waals surface area contributed by atoms with E-state index in [4.69, 9.17) is 51.1 Å². The lowest BCUT2D eigenvalue weighted by Gasteiger charge is -2.35. The van der Waals surface area contributed by atoms with Gasteiger partial charge < -0.3 is 14.9 Å². The van der Waals surface area contributed by atoms with Crippen LogP contribution < -0.4 is 4.74 Å². The smallest absolute Gasteiger partial charge is 0.337 e. The molecule has 1 heterocycles. The number of hydrogen-bond acceptors (Lipinski definition) is 4. The Kier molecular flexibility index (Phi) is 8.03. The summed E-state index contributed by atoms with van der Waals surface area (Å²) < 4.78 is 6.86. The van der Waals surface area contributed by atoms with Crippen molar-refractivity contribution in [3.05, 3.63) is 71.0 Å². The zero-order valence-electron chi connectivity index (χ0n) is 15.5. The number of carboxylic acids is 1. The molecule has 5 nitrogen and oxygen atoms in total. The molecule has 1 aliphatic carbocycles. The third-order valence-electron chi connectivity index (χ3n) is 5.08. The van der Waals surface area contributed by atoms with Gasteiger partial charge in [0.1, 0.15) is 21.2 Å². The van der Waals surface area contributed by atoms with Crippen LogP contribution in [0.15, 0.2) is 27.1 Å². The average molecular weight is 976 g/mol. The summed E-state index contributed by atoms with van der Waals surface area (Å²) in [6.45, 7) is 0. The first-order valence-corrected chi connectivity index (χ1v) is 14.6. The highest BCUT2D eigenvalue weighted by molar-refractivity contribution is 14.1. The van der Waals surface area contributed by atoms with Gasteiger partial charge in [-0.05, 0) is 79.9 Å². The fourth-order valence-electron chi connectivity index (χ4n) is 3.65. The number of fused-ring (bicyclic) bond motifs is 1. The van der Waals surface area contributed by atoms with Gasteiger partial charge in [-0.1, -0.05) is 69.0 Å². The molecule has 0 saturated heterocycles. The molecule has 2 aromatic carbocycles. The molecule has 0 aromatic heterocycles. The number of benzene rings is 2. The topological polar surface area (TPSA) is 83.8 Å². The summed E-state index contributed by atoms with van der Waals surface area (Å²) in [7, 11) is 0. The average Bonchev–Trinajstić information content (AvgIpc) is 2.76. The molecule has 13 heteroatoms. The van der Waals surface area contributed by atoms with Crippen molar-refractivity contribution in [2.45, 2.75) is 9.84 Å². The van der Waals surface area contributed by atoms with Crippen molar-refractivity contribution in [3.8, 4) is 11.5 Å². The van der Waals surface area contributed by atoms with Crippen LogP contribution in [0.5, 0.6) is 11.5 Å². The van der Waals surface area contributed by atoms with Crippen molar-refractivity contribution in [1.29, 1.82) is 0 Å². The van der Waals surface area contributed by atoms with Gasteiger partial charge in [-0.3, -0.25) is 4.79 Å². The van der Waals surface area contributed by atoms with Gasteiger partial charge in [0.15, 0.2) is 5.78 Å². The number of Topliss-reactive ketones (excluding diaryl/α,β-unsaturated/α-hetero) is 1. The number of aromatic hydroxyl groups is 1. The molecule has 33 heavy (non-hydrogen) atoms. The molecule has 0 amide bonds. The highest BCUT2D eigenvalue weighted by Gasteiger charge is 2.43. The lowest BCUT2D eigenvalue weighted by molar-refractivity contribution is -0.113. The maximum absolute atomic E-state index is 12.7. The first-order valence-electron chi connectivity index (χ1n) is 8.65. The summed E-state index contributed by atoms with van der Waals surface area (Å²) in [5, 5.41) is 20.0. The van der Waals surface area contributed by atoms with Crippen molar-refractivity contribution in [3.63, 3.8) is 0 Å². The van der Waals surface area contributed by atoms with Crippen LogP contribution in [0.1, 0.15) is 27.4 Å². The predicted octanol–water partition coefficient (Wildman–Crippen LogP) is 8.40. The standard InChI is InChI=1S/C20H6Cl4I4O5/c21-10-8(9(20(31)32)11(22)13(24)12(10)23)7-3-1-5(25)16(29)14(27)18(3)33-19-4(7)2-6(26)17(30)15(19)28/h1-2,7,14,30H,(H,31,32). The van der Waals surface area contributed by atoms with Gasteiger partial charge in [-0.25, -0.2) is 4.79 Å². The Hall–Kier alpha value is 0.740. The number of carbonyl (C=O) groups excluding carboxylic acids is 1. The van der Waals surface area contributed by atoms with E-state index < -0.39 is 15.8 Å². The second-order valence-electron chi connectivity index (χ2n) is 6.86. The van der Waals surface area contributed by atoms with Crippen LogP contribution in [0.4, 0.5) is 0 Å². The first kappa shape index (κ1) is 26.8. The van der Waals surface area contributed by atoms with E-state index >= 15 is 0 Å². The fraction of sp³-hybridized carbons (Fsp3) is 0.100. The normalized spacial score (nSPS) is 19.6. The van der Waals surface area contributed by atoms with E-state index in [1.165, 1.54) is 0 Å². The number of ketones is 1. The van der Waals surface area contributed by atoms with Crippen molar-refractivity contribution in [2.75, 3.05) is 0 Å². The third kappa shape index (κ3) is 4.31. The maximum Gasteiger partial charge on any atom is 0.337 e. The number of aromatic carboxylic acids is 1. The van der Waals surface area contributed by atoms with Gasteiger partial charge in [0.25, 0.3) is 0 Å². The number of phenolic OH excluding ortho intramolecular Hbond substituents is 1. The minimum absolute atomic E-state index is 0.00624. The summed E-state index contributed by atoms with van der Waals surface area (Å²) in [5.74, 6) is -1.68. The Balaban J connectivity index is 2.20. The van der Waals surface area contributed by atoms with Gasteiger partial charge in [0.05, 0.1) is 36.4 Å². The molecule has 0 spiro atoms. The van der Waals surface area contributed by atoms with Crippen molar-refractivity contribution >= 4 is 149 Å². The van der Waals surface area contributed by atoms with Crippen LogP contribution >= 0.6 is 137 Å². The number of phenols is 1. The Bertz CT molecular complexity index is 1360. The first-order chi connectivity index (χ1) is 15.4. The molecule has 1 aliphatic heterocycles. The van der Waals surface area contributed by atoms with Crippen LogP contribution in [0.25, 0.3) is 0 Å². The second-order valence-corrected chi connectivity index (χ2v) is 13.0. The van der Waals surface area contributed by atoms with Crippen LogP contribution in [0, 0.1) is 7.14 Å². The highest BCUT2D eigenvalue weighted by Crippen LogP contribution is 2.55. The summed E-state index contributed by atoms with van der Waals surface area (Å²) in [5.41, 5.74) is 0.903. The fourth-order valence-corrected chi connectivity index (χ4v) is 8.60. The Morgan fingerprint density at radius 2 is 1.64 bits per heavy atom. The van der Waals surface area contributed by atoms with Crippen molar-refractivity contribution < 1.29 is 24.5 Å². The van der Waals surface area contributed by atoms with Gasteiger partial charge in [0, 0.05) is 22.6 Å².